The minimum Gasteiger partial charge on any atom is -0.487 e. The molecule has 36 heavy (non-hydrogen) atoms. The molecule has 1 unspecified atom stereocenters. The summed E-state index contributed by atoms with van der Waals surface area (Å²) in [6.45, 7) is 4.47. The second-order valence-electron chi connectivity index (χ2n) is 8.37. The zero-order chi connectivity index (χ0) is 25.8. The van der Waals surface area contributed by atoms with Crippen LogP contribution in [0.5, 0.6) is 5.75 Å². The first-order chi connectivity index (χ1) is 17.3. The summed E-state index contributed by atoms with van der Waals surface area (Å²) < 4.78 is 39.2. The Labute approximate surface area is 212 Å². The Morgan fingerprint density at radius 3 is 2.97 bits per heavy atom. The standard InChI is InChI=1S/C26H25ClF2N4O3/c1-15-8-23(31-12-19(29)11-30)20-4-3-5-24(25(20)32-15)36-14-21-17(9-18(28)10-22(21)27)13-33-6-7-35-16(2)26(33)34/h3-5,8-12,16,30H,6-7,13-14H2,1-2H3,(H,31,32)/b19-12+,30-11?. The highest BCUT2D eigenvalue weighted by atomic mass is 35.5. The van der Waals surface area contributed by atoms with E-state index < -0.39 is 17.7 Å². The predicted molar refractivity (Wildman–Crippen MR) is 135 cm³/mol. The number of allylic oxidation sites excluding steroid dienone is 1. The molecular formula is C26H25ClF2N4O3. The molecule has 1 amide bonds. The van der Waals surface area contributed by atoms with Gasteiger partial charge < -0.3 is 25.1 Å². The van der Waals surface area contributed by atoms with Crippen molar-refractivity contribution in [3.63, 3.8) is 0 Å². The molecule has 3 aromatic rings. The zero-order valence-electron chi connectivity index (χ0n) is 19.8. The fourth-order valence-corrected chi connectivity index (χ4v) is 4.30. The van der Waals surface area contributed by atoms with Crippen molar-refractivity contribution in [3.05, 3.63) is 76.1 Å². The number of fused-ring (bicyclic) bond motifs is 1. The van der Waals surface area contributed by atoms with Crippen LogP contribution < -0.4 is 10.1 Å². The third-order valence-electron chi connectivity index (χ3n) is 5.81. The highest BCUT2D eigenvalue weighted by molar-refractivity contribution is 6.31. The summed E-state index contributed by atoms with van der Waals surface area (Å²) in [5.41, 5.74) is 2.91. The van der Waals surface area contributed by atoms with Gasteiger partial charge in [-0.1, -0.05) is 23.7 Å². The van der Waals surface area contributed by atoms with Gasteiger partial charge in [0.15, 0.2) is 5.83 Å². The lowest BCUT2D eigenvalue weighted by atomic mass is 10.1. The first-order valence-electron chi connectivity index (χ1n) is 11.3. The number of morpholine rings is 1. The van der Waals surface area contributed by atoms with Gasteiger partial charge in [-0.05, 0) is 43.7 Å². The summed E-state index contributed by atoms with van der Waals surface area (Å²) in [5, 5.41) is 10.7. The number of carbonyl (C=O) groups is 1. The molecule has 0 bridgehead atoms. The molecule has 10 heteroatoms. The average Bonchev–Trinajstić information content (AvgIpc) is 2.84. The molecule has 0 spiro atoms. The number of aryl methyl sites for hydroxylation is 1. The van der Waals surface area contributed by atoms with E-state index in [0.29, 0.717) is 58.5 Å². The van der Waals surface area contributed by atoms with Crippen LogP contribution in [0, 0.1) is 18.2 Å². The van der Waals surface area contributed by atoms with Gasteiger partial charge in [-0.15, -0.1) is 0 Å². The molecule has 1 atom stereocenters. The Bertz CT molecular complexity index is 1350. The molecule has 1 aromatic heterocycles. The van der Waals surface area contributed by atoms with Crippen molar-refractivity contribution < 1.29 is 23.0 Å². The van der Waals surface area contributed by atoms with E-state index in [1.165, 1.54) is 12.1 Å². The normalized spacial score (nSPS) is 16.4. The molecular weight excluding hydrogens is 490 g/mol. The quantitative estimate of drug-likeness (QED) is 0.386. The van der Waals surface area contributed by atoms with E-state index in [9.17, 15) is 13.6 Å². The highest BCUT2D eigenvalue weighted by Crippen LogP contribution is 2.32. The summed E-state index contributed by atoms with van der Waals surface area (Å²) >= 11 is 6.40. The fourth-order valence-electron chi connectivity index (χ4n) is 4.02. The van der Waals surface area contributed by atoms with Gasteiger partial charge in [0.2, 0.25) is 0 Å². The van der Waals surface area contributed by atoms with Gasteiger partial charge in [-0.2, -0.15) is 0 Å². The molecule has 1 aliphatic heterocycles. The molecule has 2 aromatic carbocycles. The Morgan fingerprint density at radius 2 is 2.19 bits per heavy atom. The Balaban J connectivity index is 1.64. The van der Waals surface area contributed by atoms with E-state index in [4.69, 9.17) is 26.5 Å². The maximum absolute atomic E-state index is 14.2. The average molecular weight is 515 g/mol. The molecule has 0 radical (unpaired) electrons. The molecule has 1 saturated heterocycles. The van der Waals surface area contributed by atoms with Gasteiger partial charge in [0.05, 0.1) is 17.8 Å². The number of nitrogens with one attached hydrogen (secondary N) is 2. The van der Waals surface area contributed by atoms with E-state index in [1.807, 2.05) is 6.07 Å². The lowest BCUT2D eigenvalue weighted by molar-refractivity contribution is -0.152. The lowest BCUT2D eigenvalue weighted by Gasteiger charge is -2.31. The van der Waals surface area contributed by atoms with Gasteiger partial charge in [-0.3, -0.25) is 4.79 Å². The van der Waals surface area contributed by atoms with Crippen LogP contribution in [-0.4, -0.2) is 41.3 Å². The van der Waals surface area contributed by atoms with Crippen LogP contribution >= 0.6 is 11.6 Å². The van der Waals surface area contributed by atoms with Gasteiger partial charge in [0.1, 0.15) is 29.8 Å². The monoisotopic (exact) mass is 514 g/mol. The van der Waals surface area contributed by atoms with E-state index >= 15 is 0 Å². The Hall–Kier alpha value is -3.56. The molecule has 1 fully saturated rings. The minimum absolute atomic E-state index is 0.0162. The largest absolute Gasteiger partial charge is 0.487 e. The lowest BCUT2D eigenvalue weighted by Crippen LogP contribution is -2.46. The molecule has 0 saturated carbocycles. The van der Waals surface area contributed by atoms with E-state index in [0.717, 1.165) is 6.20 Å². The van der Waals surface area contributed by atoms with Crippen LogP contribution in [0.4, 0.5) is 14.5 Å². The second-order valence-corrected chi connectivity index (χ2v) is 8.78. The summed E-state index contributed by atoms with van der Waals surface area (Å²) in [6, 6.07) is 9.67. The Kier molecular flexibility index (Phi) is 7.81. The number of aromatic nitrogens is 1. The maximum Gasteiger partial charge on any atom is 0.251 e. The first kappa shape index (κ1) is 25.5. The number of pyridine rings is 1. The number of rotatable bonds is 8. The number of hydrogen-bond acceptors (Lipinski definition) is 6. The number of carbonyl (C=O) groups excluding carboxylic acids is 1. The van der Waals surface area contributed by atoms with Crippen molar-refractivity contribution >= 4 is 40.3 Å². The number of ether oxygens (including phenoxy) is 2. The van der Waals surface area contributed by atoms with Crippen LogP contribution in [0.25, 0.3) is 10.9 Å². The smallest absolute Gasteiger partial charge is 0.251 e. The minimum atomic E-state index is -0.725. The molecule has 0 aliphatic carbocycles. The van der Waals surface area contributed by atoms with Crippen molar-refractivity contribution in [1.82, 2.24) is 9.88 Å². The summed E-state index contributed by atoms with van der Waals surface area (Å²) in [7, 11) is 0. The molecule has 7 nitrogen and oxygen atoms in total. The summed E-state index contributed by atoms with van der Waals surface area (Å²) in [4.78, 5) is 18.7. The SMILES string of the molecule is Cc1cc(N/C=C(/F)C=N)c2cccc(OCc3c(Cl)cc(F)cc3CN3CCOC(C)C3=O)c2n1. The molecule has 188 valence electrons. The van der Waals surface area contributed by atoms with Gasteiger partial charge >= 0.3 is 0 Å². The van der Waals surface area contributed by atoms with Crippen molar-refractivity contribution in [2.24, 2.45) is 0 Å². The summed E-state index contributed by atoms with van der Waals surface area (Å²) in [5.74, 6) is -0.943. The predicted octanol–water partition coefficient (Wildman–Crippen LogP) is 5.53. The van der Waals surface area contributed by atoms with Crippen LogP contribution in [0.2, 0.25) is 5.02 Å². The molecule has 2 N–H and O–H groups in total. The second kappa shape index (κ2) is 11.0. The third kappa shape index (κ3) is 5.63. The number of halogens is 3. The molecule has 4 rings (SSSR count). The Morgan fingerprint density at radius 1 is 1.39 bits per heavy atom. The molecule has 2 heterocycles. The topological polar surface area (TPSA) is 87.5 Å². The van der Waals surface area contributed by atoms with E-state index in [1.54, 1.807) is 36.9 Å². The number of para-hydroxylation sites is 1. The summed E-state index contributed by atoms with van der Waals surface area (Å²) in [6.07, 6.45) is 1.14. The van der Waals surface area contributed by atoms with Crippen molar-refractivity contribution in [2.45, 2.75) is 33.1 Å². The molecule has 1 aliphatic rings. The maximum atomic E-state index is 14.2. The van der Waals surface area contributed by atoms with E-state index in [2.05, 4.69) is 10.3 Å². The van der Waals surface area contributed by atoms with Crippen LogP contribution in [0.3, 0.4) is 0 Å². The van der Waals surface area contributed by atoms with E-state index in [-0.39, 0.29) is 24.1 Å². The number of hydrogen-bond donors (Lipinski definition) is 2. The van der Waals surface area contributed by atoms with Crippen LogP contribution in [-0.2, 0) is 22.7 Å². The van der Waals surface area contributed by atoms with Gasteiger partial charge in [0, 0.05) is 41.6 Å². The van der Waals surface area contributed by atoms with Crippen LogP contribution in [0.15, 0.2) is 48.4 Å². The van der Waals surface area contributed by atoms with Crippen molar-refractivity contribution in [2.75, 3.05) is 18.5 Å². The first-order valence-corrected chi connectivity index (χ1v) is 11.7. The zero-order valence-corrected chi connectivity index (χ0v) is 20.5. The number of nitrogens with zero attached hydrogens (tertiary/aromatic N) is 2. The van der Waals surface area contributed by atoms with Gasteiger partial charge in [-0.25, -0.2) is 13.8 Å². The van der Waals surface area contributed by atoms with Crippen molar-refractivity contribution in [3.8, 4) is 5.75 Å². The number of benzene rings is 2. The third-order valence-corrected chi connectivity index (χ3v) is 6.15. The fraction of sp³-hybridized carbons (Fsp3) is 0.269. The number of amides is 1. The van der Waals surface area contributed by atoms with Gasteiger partial charge in [0.25, 0.3) is 5.91 Å². The van der Waals surface area contributed by atoms with Crippen LogP contribution in [0.1, 0.15) is 23.7 Å². The number of anilines is 1. The highest BCUT2D eigenvalue weighted by Gasteiger charge is 2.27. The van der Waals surface area contributed by atoms with Crippen molar-refractivity contribution in [1.29, 1.82) is 5.41 Å².